The summed E-state index contributed by atoms with van der Waals surface area (Å²) < 4.78 is 6.74. The van der Waals surface area contributed by atoms with Crippen LogP contribution in [0.25, 0.3) is 21.9 Å². The molecule has 0 atom stereocenters. The summed E-state index contributed by atoms with van der Waals surface area (Å²) in [5.74, 6) is -0.914. The predicted molar refractivity (Wildman–Crippen MR) is 125 cm³/mol. The van der Waals surface area contributed by atoms with Crippen LogP contribution in [0.15, 0.2) is 53.3 Å². The number of likely N-dealkylation sites (tertiary alicyclic amines) is 1. The Morgan fingerprint density at radius 2 is 1.56 bits per heavy atom. The molecule has 0 bridgehead atoms. The number of esters is 1. The highest BCUT2D eigenvalue weighted by Gasteiger charge is 2.24. The van der Waals surface area contributed by atoms with Gasteiger partial charge in [0.1, 0.15) is 5.69 Å². The average Bonchev–Trinajstić information content (AvgIpc) is 3.10. The quantitative estimate of drug-likeness (QED) is 0.549. The third kappa shape index (κ3) is 4.41. The first-order valence-corrected chi connectivity index (χ1v) is 11.2. The molecule has 0 saturated carbocycles. The molecule has 1 aliphatic heterocycles. The van der Waals surface area contributed by atoms with Crippen LogP contribution >= 0.6 is 11.6 Å². The Balaban J connectivity index is 1.72. The lowest BCUT2D eigenvalue weighted by Crippen LogP contribution is -2.36. The maximum atomic E-state index is 13.2. The lowest BCUT2D eigenvalue weighted by atomic mass is 9.97. The van der Waals surface area contributed by atoms with Gasteiger partial charge in [0.15, 0.2) is 6.61 Å². The number of halogens is 1. The van der Waals surface area contributed by atoms with Crippen molar-refractivity contribution in [3.8, 4) is 11.1 Å². The molecule has 0 radical (unpaired) electrons. The van der Waals surface area contributed by atoms with Crippen molar-refractivity contribution in [3.63, 3.8) is 0 Å². The first kappa shape index (κ1) is 22.1. The van der Waals surface area contributed by atoms with Gasteiger partial charge in [0.2, 0.25) is 0 Å². The first-order chi connectivity index (χ1) is 15.5. The second kappa shape index (κ2) is 9.57. The smallest absolute Gasteiger partial charge is 0.356 e. The number of carbonyl (C=O) groups excluding carboxylic acids is 2. The van der Waals surface area contributed by atoms with Gasteiger partial charge in [-0.2, -0.15) is 0 Å². The zero-order valence-electron chi connectivity index (χ0n) is 18.0. The third-order valence-electron chi connectivity index (χ3n) is 5.92. The van der Waals surface area contributed by atoms with E-state index in [0.29, 0.717) is 34.4 Å². The Hall–Kier alpha value is -3.12. The Kier molecular flexibility index (Phi) is 6.61. The van der Waals surface area contributed by atoms with E-state index in [4.69, 9.17) is 16.3 Å². The summed E-state index contributed by atoms with van der Waals surface area (Å²) in [4.78, 5) is 40.5. The van der Waals surface area contributed by atoms with Crippen molar-refractivity contribution in [2.45, 2.75) is 25.7 Å². The Morgan fingerprint density at radius 3 is 2.22 bits per heavy atom. The van der Waals surface area contributed by atoms with Crippen molar-refractivity contribution in [2.24, 2.45) is 7.05 Å². The van der Waals surface area contributed by atoms with Crippen molar-refractivity contribution < 1.29 is 14.3 Å². The molecule has 4 rings (SSSR count). The molecule has 1 aromatic heterocycles. The number of rotatable bonds is 4. The lowest BCUT2D eigenvalue weighted by molar-refractivity contribution is -0.134. The standard InChI is InChI=1S/C25H25ClN2O4/c1-27-23(25(31)32-16-21(29)28-14-6-2-3-7-15-28)22(17-10-12-18(26)13-11-17)19-8-4-5-9-20(19)24(27)30/h4-5,8-13H,2-3,6-7,14-16H2,1H3. The fraction of sp³-hybridized carbons (Fsp3) is 0.320. The van der Waals surface area contributed by atoms with Crippen LogP contribution < -0.4 is 5.56 Å². The number of carbonyl (C=O) groups is 2. The highest BCUT2D eigenvalue weighted by atomic mass is 35.5. The summed E-state index contributed by atoms with van der Waals surface area (Å²) >= 11 is 6.06. The van der Waals surface area contributed by atoms with E-state index in [-0.39, 0.29) is 23.8 Å². The molecular formula is C25H25ClN2O4. The van der Waals surface area contributed by atoms with E-state index >= 15 is 0 Å². The van der Waals surface area contributed by atoms with E-state index in [0.717, 1.165) is 31.2 Å². The molecule has 1 saturated heterocycles. The molecule has 1 aliphatic rings. The van der Waals surface area contributed by atoms with Crippen LogP contribution in [0.5, 0.6) is 0 Å². The van der Waals surface area contributed by atoms with Gasteiger partial charge in [-0.3, -0.25) is 9.59 Å². The van der Waals surface area contributed by atoms with Crippen LogP contribution in [0.1, 0.15) is 36.2 Å². The Bertz CT molecular complexity index is 1210. The maximum absolute atomic E-state index is 13.2. The van der Waals surface area contributed by atoms with E-state index < -0.39 is 5.97 Å². The third-order valence-corrected chi connectivity index (χ3v) is 6.17. The molecule has 0 spiro atoms. The fourth-order valence-corrected chi connectivity index (χ4v) is 4.35. The van der Waals surface area contributed by atoms with Crippen molar-refractivity contribution in [2.75, 3.05) is 19.7 Å². The zero-order chi connectivity index (χ0) is 22.7. The van der Waals surface area contributed by atoms with Crippen LogP contribution in [0.4, 0.5) is 0 Å². The van der Waals surface area contributed by atoms with Crippen LogP contribution in [-0.2, 0) is 16.6 Å². The highest BCUT2D eigenvalue weighted by Crippen LogP contribution is 2.31. The molecule has 0 unspecified atom stereocenters. The normalized spacial score (nSPS) is 14.2. The van der Waals surface area contributed by atoms with Gasteiger partial charge in [0.05, 0.1) is 0 Å². The van der Waals surface area contributed by atoms with Gasteiger partial charge in [-0.25, -0.2) is 4.79 Å². The van der Waals surface area contributed by atoms with E-state index in [1.54, 1.807) is 54.4 Å². The molecule has 2 aromatic carbocycles. The number of aromatic nitrogens is 1. The number of ether oxygens (including phenoxy) is 1. The largest absolute Gasteiger partial charge is 0.451 e. The summed E-state index contributed by atoms with van der Waals surface area (Å²) in [6.45, 7) is 1.02. The molecular weight excluding hydrogens is 428 g/mol. The van der Waals surface area contributed by atoms with Gasteiger partial charge < -0.3 is 14.2 Å². The molecule has 2 heterocycles. The van der Waals surface area contributed by atoms with Crippen molar-refractivity contribution in [3.05, 3.63) is 69.6 Å². The molecule has 166 valence electrons. The van der Waals surface area contributed by atoms with Gasteiger partial charge in [-0.15, -0.1) is 0 Å². The monoisotopic (exact) mass is 452 g/mol. The van der Waals surface area contributed by atoms with Crippen molar-refractivity contribution >= 4 is 34.2 Å². The number of hydrogen-bond acceptors (Lipinski definition) is 4. The van der Waals surface area contributed by atoms with Crippen LogP contribution in [-0.4, -0.2) is 41.0 Å². The summed E-state index contributed by atoms with van der Waals surface area (Å²) in [5.41, 5.74) is 1.11. The second-order valence-corrected chi connectivity index (χ2v) is 8.45. The number of amides is 1. The molecule has 6 nitrogen and oxygen atoms in total. The van der Waals surface area contributed by atoms with E-state index in [1.807, 2.05) is 6.07 Å². The minimum absolute atomic E-state index is 0.111. The van der Waals surface area contributed by atoms with Gasteiger partial charge in [0.25, 0.3) is 11.5 Å². The number of benzene rings is 2. The molecule has 0 N–H and O–H groups in total. The summed E-state index contributed by atoms with van der Waals surface area (Å²) in [5, 5.41) is 1.70. The van der Waals surface area contributed by atoms with Crippen LogP contribution in [0.3, 0.4) is 0 Å². The minimum atomic E-state index is -0.705. The average molecular weight is 453 g/mol. The number of nitrogens with zero attached hydrogens (tertiary/aromatic N) is 2. The Morgan fingerprint density at radius 1 is 0.938 bits per heavy atom. The lowest BCUT2D eigenvalue weighted by Gasteiger charge is -2.21. The molecule has 32 heavy (non-hydrogen) atoms. The first-order valence-electron chi connectivity index (χ1n) is 10.8. The van der Waals surface area contributed by atoms with Crippen LogP contribution in [0.2, 0.25) is 5.02 Å². The van der Waals surface area contributed by atoms with Crippen LogP contribution in [0, 0.1) is 0 Å². The summed E-state index contributed by atoms with van der Waals surface area (Å²) in [6.07, 6.45) is 4.12. The zero-order valence-corrected chi connectivity index (χ0v) is 18.7. The molecule has 7 heteroatoms. The van der Waals surface area contributed by atoms with Gasteiger partial charge in [-0.1, -0.05) is 54.8 Å². The molecule has 3 aromatic rings. The summed E-state index contributed by atoms with van der Waals surface area (Å²) in [7, 11) is 1.54. The number of fused-ring (bicyclic) bond motifs is 1. The summed E-state index contributed by atoms with van der Waals surface area (Å²) in [6, 6.07) is 14.2. The van der Waals surface area contributed by atoms with Gasteiger partial charge >= 0.3 is 5.97 Å². The van der Waals surface area contributed by atoms with E-state index in [9.17, 15) is 14.4 Å². The second-order valence-electron chi connectivity index (χ2n) is 8.01. The fourth-order valence-electron chi connectivity index (χ4n) is 4.22. The van der Waals surface area contributed by atoms with E-state index in [1.165, 1.54) is 4.57 Å². The SMILES string of the molecule is Cn1c(C(=O)OCC(=O)N2CCCCCC2)c(-c2ccc(Cl)cc2)c2ccccc2c1=O. The van der Waals surface area contributed by atoms with E-state index in [2.05, 4.69) is 0 Å². The van der Waals surface area contributed by atoms with Crippen molar-refractivity contribution in [1.29, 1.82) is 0 Å². The van der Waals surface area contributed by atoms with Crippen molar-refractivity contribution in [1.82, 2.24) is 9.47 Å². The Labute approximate surface area is 191 Å². The predicted octanol–water partition coefficient (Wildman–Crippen LogP) is 4.42. The topological polar surface area (TPSA) is 68.6 Å². The highest BCUT2D eigenvalue weighted by molar-refractivity contribution is 6.30. The molecule has 0 aliphatic carbocycles. The number of hydrogen-bond donors (Lipinski definition) is 0. The number of pyridine rings is 1. The molecule has 1 fully saturated rings. The minimum Gasteiger partial charge on any atom is -0.451 e. The van der Waals surface area contributed by atoms with Gasteiger partial charge in [-0.05, 0) is 42.0 Å². The maximum Gasteiger partial charge on any atom is 0.356 e. The molecule has 1 amide bonds. The van der Waals surface area contributed by atoms with Gasteiger partial charge in [0, 0.05) is 36.1 Å².